The Kier molecular flexibility index (Phi) is 5.78. The number of hydrogen-bond donors (Lipinski definition) is 0. The molecule has 0 amide bonds. The Bertz CT molecular complexity index is 2490. The van der Waals surface area contributed by atoms with Crippen molar-refractivity contribution in [3.05, 3.63) is 158 Å². The van der Waals surface area contributed by atoms with Crippen LogP contribution in [-0.2, 0) is 0 Å². The van der Waals surface area contributed by atoms with Gasteiger partial charge in [-0.2, -0.15) is 0 Å². The van der Waals surface area contributed by atoms with Crippen LogP contribution in [0.3, 0.4) is 0 Å². The first-order valence-electron chi connectivity index (χ1n) is 15.0. The van der Waals surface area contributed by atoms with Crippen molar-refractivity contribution in [1.82, 2.24) is 4.98 Å². The minimum absolute atomic E-state index is 0.624. The predicted octanol–water partition coefficient (Wildman–Crippen LogP) is 11.7. The van der Waals surface area contributed by atoms with Gasteiger partial charge in [0.2, 0.25) is 5.89 Å². The van der Waals surface area contributed by atoms with Crippen LogP contribution in [0.5, 0.6) is 0 Å². The van der Waals surface area contributed by atoms with E-state index in [0.29, 0.717) is 5.89 Å². The number of benzene rings is 7. The van der Waals surface area contributed by atoms with Crippen molar-refractivity contribution in [2.45, 2.75) is 0 Å². The maximum Gasteiger partial charge on any atom is 0.227 e. The number of para-hydroxylation sites is 2. The van der Waals surface area contributed by atoms with Gasteiger partial charge >= 0.3 is 0 Å². The van der Waals surface area contributed by atoms with Crippen molar-refractivity contribution in [2.75, 3.05) is 4.90 Å². The quantitative estimate of drug-likeness (QED) is 0.204. The molecule has 2 aromatic heterocycles. The number of furan rings is 1. The Balaban J connectivity index is 1.19. The largest absolute Gasteiger partial charge is 0.456 e. The molecule has 0 saturated carbocycles. The molecular weight excluding hydrogens is 552 g/mol. The maximum atomic E-state index is 6.17. The molecule has 212 valence electrons. The first-order valence-corrected chi connectivity index (χ1v) is 15.0. The van der Waals surface area contributed by atoms with E-state index in [2.05, 4.69) is 108 Å². The van der Waals surface area contributed by atoms with E-state index in [1.54, 1.807) is 0 Å². The first kappa shape index (κ1) is 25.4. The zero-order valence-electron chi connectivity index (χ0n) is 24.2. The van der Waals surface area contributed by atoms with Gasteiger partial charge in [0.25, 0.3) is 0 Å². The van der Waals surface area contributed by atoms with Crippen molar-refractivity contribution in [1.29, 1.82) is 0 Å². The zero-order chi connectivity index (χ0) is 29.7. The lowest BCUT2D eigenvalue weighted by Crippen LogP contribution is -2.10. The Morgan fingerprint density at radius 3 is 2.02 bits per heavy atom. The molecule has 0 N–H and O–H groups in total. The zero-order valence-corrected chi connectivity index (χ0v) is 24.2. The van der Waals surface area contributed by atoms with Crippen LogP contribution >= 0.6 is 0 Å². The van der Waals surface area contributed by atoms with E-state index in [1.165, 1.54) is 10.8 Å². The summed E-state index contributed by atoms with van der Waals surface area (Å²) in [7, 11) is 0. The fraction of sp³-hybridized carbons (Fsp3) is 0. The molecule has 9 rings (SSSR count). The highest BCUT2D eigenvalue weighted by Gasteiger charge is 2.18. The maximum absolute atomic E-state index is 6.17. The summed E-state index contributed by atoms with van der Waals surface area (Å²) in [5, 5.41) is 4.58. The summed E-state index contributed by atoms with van der Waals surface area (Å²) >= 11 is 0. The summed E-state index contributed by atoms with van der Waals surface area (Å²) in [6.07, 6.45) is 0. The standard InChI is InChI=1S/C41H26N2O2/c1-2-11-29(12-3-1)41-42-40-33(16-9-19-39(40)45-41)28-20-22-30(23-21-28)43(36-17-8-13-27-10-4-5-14-32(27)36)31-24-25-38-35(26-31)34-15-6-7-18-37(34)44-38/h1-26H. The first-order chi connectivity index (χ1) is 22.3. The average molecular weight is 579 g/mol. The second-order valence-corrected chi connectivity index (χ2v) is 11.2. The average Bonchev–Trinajstić information content (AvgIpc) is 3.71. The van der Waals surface area contributed by atoms with Gasteiger partial charge in [0, 0.05) is 38.7 Å². The Morgan fingerprint density at radius 2 is 1.13 bits per heavy atom. The minimum Gasteiger partial charge on any atom is -0.456 e. The third-order valence-electron chi connectivity index (χ3n) is 8.50. The summed E-state index contributed by atoms with van der Waals surface area (Å²) in [4.78, 5) is 7.24. The molecule has 0 aliphatic heterocycles. The topological polar surface area (TPSA) is 42.4 Å². The van der Waals surface area contributed by atoms with Gasteiger partial charge in [0.15, 0.2) is 5.58 Å². The number of nitrogens with zero attached hydrogens (tertiary/aromatic N) is 2. The lowest BCUT2D eigenvalue weighted by atomic mass is 10.0. The van der Waals surface area contributed by atoms with E-state index < -0.39 is 0 Å². The van der Waals surface area contributed by atoms with Crippen LogP contribution in [0.2, 0.25) is 0 Å². The fourth-order valence-corrected chi connectivity index (χ4v) is 6.36. The number of hydrogen-bond acceptors (Lipinski definition) is 4. The number of oxazole rings is 1. The van der Waals surface area contributed by atoms with E-state index in [0.717, 1.165) is 66.8 Å². The van der Waals surface area contributed by atoms with Gasteiger partial charge < -0.3 is 13.7 Å². The molecule has 4 heteroatoms. The SMILES string of the molecule is c1ccc(-c2nc3c(-c4ccc(N(c5ccc6oc7ccccc7c6c5)c5cccc6ccccc56)cc4)cccc3o2)cc1. The van der Waals surface area contributed by atoms with Crippen molar-refractivity contribution in [3.8, 4) is 22.6 Å². The molecule has 9 aromatic rings. The highest BCUT2D eigenvalue weighted by molar-refractivity contribution is 6.07. The van der Waals surface area contributed by atoms with E-state index in [4.69, 9.17) is 13.8 Å². The highest BCUT2D eigenvalue weighted by Crippen LogP contribution is 2.42. The molecule has 4 nitrogen and oxygen atoms in total. The molecule has 0 aliphatic carbocycles. The molecule has 2 heterocycles. The Labute approximate surface area is 259 Å². The van der Waals surface area contributed by atoms with E-state index in [-0.39, 0.29) is 0 Å². The lowest BCUT2D eigenvalue weighted by Gasteiger charge is -2.27. The summed E-state index contributed by atoms with van der Waals surface area (Å²) in [5.41, 5.74) is 9.69. The van der Waals surface area contributed by atoms with Gasteiger partial charge in [-0.05, 0) is 71.6 Å². The third kappa shape index (κ3) is 4.27. The Hall–Kier alpha value is -6.13. The normalized spacial score (nSPS) is 11.6. The van der Waals surface area contributed by atoms with Crippen molar-refractivity contribution >= 4 is 60.9 Å². The van der Waals surface area contributed by atoms with E-state index >= 15 is 0 Å². The fourth-order valence-electron chi connectivity index (χ4n) is 6.36. The smallest absolute Gasteiger partial charge is 0.227 e. The van der Waals surface area contributed by atoms with Gasteiger partial charge in [0.05, 0.1) is 5.69 Å². The third-order valence-corrected chi connectivity index (χ3v) is 8.50. The van der Waals surface area contributed by atoms with Crippen molar-refractivity contribution < 1.29 is 8.83 Å². The summed E-state index contributed by atoms with van der Waals surface area (Å²) in [5.74, 6) is 0.624. The minimum atomic E-state index is 0.624. The van der Waals surface area contributed by atoms with Gasteiger partial charge in [-0.25, -0.2) is 4.98 Å². The van der Waals surface area contributed by atoms with Crippen LogP contribution in [0, 0.1) is 0 Å². The van der Waals surface area contributed by atoms with Crippen LogP contribution in [0.1, 0.15) is 0 Å². The molecular formula is C41H26N2O2. The molecule has 0 fully saturated rings. The highest BCUT2D eigenvalue weighted by atomic mass is 16.3. The molecule has 0 bridgehead atoms. The molecule has 0 unspecified atom stereocenters. The summed E-state index contributed by atoms with van der Waals surface area (Å²) < 4.78 is 12.3. The number of rotatable bonds is 5. The molecule has 0 aliphatic rings. The molecule has 0 saturated heterocycles. The summed E-state index contributed by atoms with van der Waals surface area (Å²) in [6.45, 7) is 0. The second-order valence-electron chi connectivity index (χ2n) is 11.2. The molecule has 0 atom stereocenters. The van der Waals surface area contributed by atoms with Crippen LogP contribution in [-0.4, -0.2) is 4.98 Å². The van der Waals surface area contributed by atoms with Crippen LogP contribution in [0.15, 0.2) is 167 Å². The molecule has 0 spiro atoms. The van der Waals surface area contributed by atoms with Crippen LogP contribution in [0.25, 0.3) is 66.4 Å². The van der Waals surface area contributed by atoms with Crippen LogP contribution < -0.4 is 4.90 Å². The number of aromatic nitrogens is 1. The molecule has 45 heavy (non-hydrogen) atoms. The Morgan fingerprint density at radius 1 is 0.444 bits per heavy atom. The second kappa shape index (κ2) is 10.2. The lowest BCUT2D eigenvalue weighted by molar-refractivity contribution is 0.620. The van der Waals surface area contributed by atoms with Gasteiger partial charge in [-0.1, -0.05) is 97.1 Å². The summed E-state index contributed by atoms with van der Waals surface area (Å²) in [6, 6.07) is 54.5. The number of anilines is 3. The van der Waals surface area contributed by atoms with Crippen molar-refractivity contribution in [2.24, 2.45) is 0 Å². The van der Waals surface area contributed by atoms with Crippen LogP contribution in [0.4, 0.5) is 17.1 Å². The van der Waals surface area contributed by atoms with Gasteiger partial charge in [0.1, 0.15) is 16.7 Å². The van der Waals surface area contributed by atoms with Crippen molar-refractivity contribution in [3.63, 3.8) is 0 Å². The van der Waals surface area contributed by atoms with Gasteiger partial charge in [-0.15, -0.1) is 0 Å². The van der Waals surface area contributed by atoms with E-state index in [1.807, 2.05) is 54.6 Å². The van der Waals surface area contributed by atoms with E-state index in [9.17, 15) is 0 Å². The molecule has 7 aromatic carbocycles. The monoisotopic (exact) mass is 578 g/mol. The molecule has 0 radical (unpaired) electrons. The van der Waals surface area contributed by atoms with Gasteiger partial charge in [-0.3, -0.25) is 0 Å². The number of fused-ring (bicyclic) bond motifs is 5. The predicted molar refractivity (Wildman–Crippen MR) is 184 cm³/mol.